The zero-order valence-electron chi connectivity index (χ0n) is 10.6. The lowest BCUT2D eigenvalue weighted by atomic mass is 10.1. The summed E-state index contributed by atoms with van der Waals surface area (Å²) in [5.74, 6) is 1.03. The molecule has 0 aliphatic heterocycles. The third-order valence-corrected chi connectivity index (χ3v) is 3.21. The fraction of sp³-hybridized carbons (Fsp3) is 0.0667. The minimum absolute atomic E-state index is 0.473. The first-order chi connectivity index (χ1) is 9.72. The van der Waals surface area contributed by atoms with Gasteiger partial charge in [0.15, 0.2) is 0 Å². The van der Waals surface area contributed by atoms with Gasteiger partial charge in [-0.3, -0.25) is 0 Å². The molecule has 0 radical (unpaired) electrons. The van der Waals surface area contributed by atoms with Crippen molar-refractivity contribution in [2.24, 2.45) is 0 Å². The Labute approximate surface area is 121 Å². The van der Waals surface area contributed by atoms with E-state index in [2.05, 4.69) is 10.1 Å². The zero-order chi connectivity index (χ0) is 13.9. The van der Waals surface area contributed by atoms with Gasteiger partial charge in [0, 0.05) is 11.3 Å². The summed E-state index contributed by atoms with van der Waals surface area (Å²) >= 11 is 6.13. The summed E-state index contributed by atoms with van der Waals surface area (Å²) in [6.45, 7) is 0. The van der Waals surface area contributed by atoms with Crippen LogP contribution in [0.4, 0.5) is 5.69 Å². The van der Waals surface area contributed by atoms with Crippen LogP contribution in [-0.4, -0.2) is 10.1 Å². The predicted octanol–water partition coefficient (Wildman–Crippen LogP) is 3.56. The van der Waals surface area contributed by atoms with E-state index < -0.39 is 0 Å². The van der Waals surface area contributed by atoms with Gasteiger partial charge in [-0.1, -0.05) is 47.1 Å². The highest BCUT2D eigenvalue weighted by Crippen LogP contribution is 2.27. The molecule has 2 aromatic carbocycles. The number of hydrogen-bond donors (Lipinski definition) is 1. The highest BCUT2D eigenvalue weighted by molar-refractivity contribution is 6.33. The van der Waals surface area contributed by atoms with Crippen LogP contribution in [0.3, 0.4) is 0 Å². The Morgan fingerprint density at radius 1 is 1.10 bits per heavy atom. The third kappa shape index (κ3) is 2.65. The Bertz CT molecular complexity index is 725. The number of benzene rings is 2. The molecule has 0 unspecified atom stereocenters. The first-order valence-electron chi connectivity index (χ1n) is 6.14. The van der Waals surface area contributed by atoms with Gasteiger partial charge in [0.2, 0.25) is 11.7 Å². The number of rotatable bonds is 3. The maximum atomic E-state index is 6.13. The summed E-state index contributed by atoms with van der Waals surface area (Å²) < 4.78 is 5.26. The monoisotopic (exact) mass is 285 g/mol. The first kappa shape index (κ1) is 12.7. The molecule has 4 nitrogen and oxygen atoms in total. The molecule has 0 aliphatic rings. The average molecular weight is 286 g/mol. The molecule has 1 aromatic heterocycles. The van der Waals surface area contributed by atoms with E-state index in [0.717, 1.165) is 5.56 Å². The quantitative estimate of drug-likeness (QED) is 0.747. The van der Waals surface area contributed by atoms with Crippen LogP contribution in [0.1, 0.15) is 11.5 Å². The number of aromatic nitrogens is 2. The number of nitrogens with two attached hydrogens (primary N) is 1. The van der Waals surface area contributed by atoms with Gasteiger partial charge in [0.05, 0.1) is 11.4 Å². The van der Waals surface area contributed by atoms with E-state index in [1.807, 2.05) is 30.3 Å². The fourth-order valence-corrected chi connectivity index (χ4v) is 2.19. The lowest BCUT2D eigenvalue weighted by molar-refractivity contribution is 0.385. The van der Waals surface area contributed by atoms with Crippen molar-refractivity contribution < 1.29 is 4.52 Å². The third-order valence-electron chi connectivity index (χ3n) is 2.90. The highest BCUT2D eigenvalue weighted by Gasteiger charge is 2.12. The van der Waals surface area contributed by atoms with Gasteiger partial charge < -0.3 is 10.3 Å². The van der Waals surface area contributed by atoms with E-state index >= 15 is 0 Å². The largest absolute Gasteiger partial charge is 0.399 e. The van der Waals surface area contributed by atoms with E-state index in [-0.39, 0.29) is 0 Å². The van der Waals surface area contributed by atoms with Crippen molar-refractivity contribution in [2.45, 2.75) is 6.42 Å². The minimum Gasteiger partial charge on any atom is -0.399 e. The molecule has 3 rings (SSSR count). The molecule has 0 aliphatic carbocycles. The molecule has 2 N–H and O–H groups in total. The van der Waals surface area contributed by atoms with E-state index in [1.54, 1.807) is 18.2 Å². The van der Waals surface area contributed by atoms with Crippen LogP contribution in [0.2, 0.25) is 5.02 Å². The molecule has 20 heavy (non-hydrogen) atoms. The van der Waals surface area contributed by atoms with Gasteiger partial charge >= 0.3 is 0 Å². The molecular formula is C15H12ClN3O. The van der Waals surface area contributed by atoms with Crippen molar-refractivity contribution in [1.82, 2.24) is 10.1 Å². The lowest BCUT2D eigenvalue weighted by Crippen LogP contribution is -1.89. The molecule has 5 heteroatoms. The van der Waals surface area contributed by atoms with Crippen LogP contribution in [0.5, 0.6) is 0 Å². The topological polar surface area (TPSA) is 64.9 Å². The summed E-state index contributed by atoms with van der Waals surface area (Å²) in [5.41, 5.74) is 8.10. The molecule has 1 heterocycles. The van der Waals surface area contributed by atoms with Crippen LogP contribution in [0.15, 0.2) is 53.1 Å². The van der Waals surface area contributed by atoms with E-state index in [4.69, 9.17) is 21.9 Å². The van der Waals surface area contributed by atoms with Crippen molar-refractivity contribution >= 4 is 17.3 Å². The Morgan fingerprint density at radius 3 is 2.65 bits per heavy atom. The number of hydrogen-bond acceptors (Lipinski definition) is 4. The normalized spacial score (nSPS) is 10.7. The van der Waals surface area contributed by atoms with Crippen LogP contribution in [-0.2, 0) is 6.42 Å². The molecule has 0 saturated carbocycles. The van der Waals surface area contributed by atoms with Crippen molar-refractivity contribution in [3.8, 4) is 11.4 Å². The maximum Gasteiger partial charge on any atom is 0.231 e. The zero-order valence-corrected chi connectivity index (χ0v) is 11.3. The van der Waals surface area contributed by atoms with E-state index in [1.165, 1.54) is 0 Å². The number of nitrogens with zero attached hydrogens (tertiary/aromatic N) is 2. The van der Waals surface area contributed by atoms with Crippen molar-refractivity contribution in [3.63, 3.8) is 0 Å². The Hall–Kier alpha value is -2.33. The molecule has 0 fully saturated rings. The van der Waals surface area contributed by atoms with Gasteiger partial charge in [-0.05, 0) is 23.8 Å². The van der Waals surface area contributed by atoms with Crippen LogP contribution < -0.4 is 5.73 Å². The summed E-state index contributed by atoms with van der Waals surface area (Å²) in [6.07, 6.45) is 0.598. The lowest BCUT2D eigenvalue weighted by Gasteiger charge is -1.99. The fourth-order valence-electron chi connectivity index (χ4n) is 1.92. The second-order valence-electron chi connectivity index (χ2n) is 4.41. The summed E-state index contributed by atoms with van der Waals surface area (Å²) in [6, 6.07) is 15.2. The predicted molar refractivity (Wildman–Crippen MR) is 78.4 cm³/mol. The van der Waals surface area contributed by atoms with Gasteiger partial charge in [-0.25, -0.2) is 0 Å². The summed E-state index contributed by atoms with van der Waals surface area (Å²) in [5, 5.41) is 4.47. The standard InChI is InChI=1S/C15H12ClN3O/c16-13-9-11(17)6-7-12(13)15-18-14(20-19-15)8-10-4-2-1-3-5-10/h1-7,9H,8,17H2. The highest BCUT2D eigenvalue weighted by atomic mass is 35.5. The minimum atomic E-state index is 0.473. The van der Waals surface area contributed by atoms with Gasteiger partial charge in [-0.2, -0.15) is 4.98 Å². The van der Waals surface area contributed by atoms with Crippen LogP contribution >= 0.6 is 11.6 Å². The van der Waals surface area contributed by atoms with Crippen LogP contribution in [0, 0.1) is 0 Å². The van der Waals surface area contributed by atoms with Gasteiger partial charge in [0.1, 0.15) is 0 Å². The van der Waals surface area contributed by atoms with E-state index in [9.17, 15) is 0 Å². The summed E-state index contributed by atoms with van der Waals surface area (Å²) in [7, 11) is 0. The SMILES string of the molecule is Nc1ccc(-c2noc(Cc3ccccc3)n2)c(Cl)c1. The van der Waals surface area contributed by atoms with Crippen molar-refractivity contribution in [3.05, 3.63) is 65.0 Å². The Balaban J connectivity index is 1.87. The maximum absolute atomic E-state index is 6.13. The summed E-state index contributed by atoms with van der Waals surface area (Å²) in [4.78, 5) is 4.36. The van der Waals surface area contributed by atoms with Crippen LogP contribution in [0.25, 0.3) is 11.4 Å². The second-order valence-corrected chi connectivity index (χ2v) is 4.82. The van der Waals surface area contributed by atoms with Crippen molar-refractivity contribution in [2.75, 3.05) is 5.73 Å². The first-order valence-corrected chi connectivity index (χ1v) is 6.52. The molecule has 0 spiro atoms. The van der Waals surface area contributed by atoms with Crippen molar-refractivity contribution in [1.29, 1.82) is 0 Å². The number of halogens is 1. The van der Waals surface area contributed by atoms with Gasteiger partial charge in [-0.15, -0.1) is 0 Å². The second kappa shape index (κ2) is 5.35. The van der Waals surface area contributed by atoms with E-state index in [0.29, 0.717) is 34.4 Å². The Morgan fingerprint density at radius 2 is 1.90 bits per heavy atom. The molecular weight excluding hydrogens is 274 g/mol. The number of nitrogen functional groups attached to an aromatic ring is 1. The molecule has 0 saturated heterocycles. The molecule has 0 atom stereocenters. The Kier molecular flexibility index (Phi) is 3.39. The average Bonchev–Trinajstić information content (AvgIpc) is 2.88. The molecule has 0 bridgehead atoms. The number of anilines is 1. The molecule has 100 valence electrons. The smallest absolute Gasteiger partial charge is 0.231 e. The van der Waals surface area contributed by atoms with Gasteiger partial charge in [0.25, 0.3) is 0 Å². The molecule has 0 amide bonds. The molecule has 3 aromatic rings.